The van der Waals surface area contributed by atoms with Crippen LogP contribution in [0.2, 0.25) is 0 Å². The first kappa shape index (κ1) is 14.5. The van der Waals surface area contributed by atoms with E-state index in [1.54, 1.807) is 6.92 Å². The molecule has 4 heteroatoms. The number of carbonyl (C=O) groups is 2. The van der Waals surface area contributed by atoms with Crippen LogP contribution in [0.4, 0.5) is 0 Å². The van der Waals surface area contributed by atoms with E-state index in [1.807, 2.05) is 4.90 Å². The standard InChI is InChI=1S/C15H26N2O2/c1-13(18)14-6-10-16(11-7-14)12-15(19)17-8-4-2-3-5-9-17/h14H,2-12H2,1H3. The van der Waals surface area contributed by atoms with Crippen molar-refractivity contribution >= 4 is 11.7 Å². The first-order chi connectivity index (χ1) is 9.16. The van der Waals surface area contributed by atoms with E-state index in [4.69, 9.17) is 0 Å². The molecule has 0 radical (unpaired) electrons. The van der Waals surface area contributed by atoms with E-state index in [0.717, 1.165) is 51.9 Å². The second-order valence-electron chi connectivity index (χ2n) is 5.96. The topological polar surface area (TPSA) is 40.6 Å². The summed E-state index contributed by atoms with van der Waals surface area (Å²) in [5.41, 5.74) is 0. The van der Waals surface area contributed by atoms with Gasteiger partial charge in [0.2, 0.25) is 5.91 Å². The third-order valence-electron chi connectivity index (χ3n) is 4.48. The maximum Gasteiger partial charge on any atom is 0.236 e. The molecule has 2 fully saturated rings. The molecule has 0 atom stereocenters. The van der Waals surface area contributed by atoms with Crippen molar-refractivity contribution in [1.82, 2.24) is 9.80 Å². The van der Waals surface area contributed by atoms with Crippen LogP contribution in [0, 0.1) is 5.92 Å². The summed E-state index contributed by atoms with van der Waals surface area (Å²) in [7, 11) is 0. The van der Waals surface area contributed by atoms with Gasteiger partial charge in [0.25, 0.3) is 0 Å². The molecule has 0 aromatic carbocycles. The van der Waals surface area contributed by atoms with E-state index >= 15 is 0 Å². The Hall–Kier alpha value is -0.900. The summed E-state index contributed by atoms with van der Waals surface area (Å²) < 4.78 is 0. The Labute approximate surface area is 116 Å². The number of carbonyl (C=O) groups excluding carboxylic acids is 2. The Bertz CT molecular complexity index is 314. The highest BCUT2D eigenvalue weighted by atomic mass is 16.2. The van der Waals surface area contributed by atoms with Crippen LogP contribution in [0.1, 0.15) is 45.4 Å². The quantitative estimate of drug-likeness (QED) is 0.780. The number of rotatable bonds is 3. The van der Waals surface area contributed by atoms with Gasteiger partial charge in [-0.1, -0.05) is 12.8 Å². The summed E-state index contributed by atoms with van der Waals surface area (Å²) in [5.74, 6) is 0.811. The molecule has 2 heterocycles. The number of ketones is 1. The maximum absolute atomic E-state index is 12.3. The number of hydrogen-bond acceptors (Lipinski definition) is 3. The van der Waals surface area contributed by atoms with Gasteiger partial charge in [-0.2, -0.15) is 0 Å². The lowest BCUT2D eigenvalue weighted by Crippen LogP contribution is -2.44. The minimum Gasteiger partial charge on any atom is -0.342 e. The summed E-state index contributed by atoms with van der Waals surface area (Å²) in [4.78, 5) is 27.8. The molecule has 19 heavy (non-hydrogen) atoms. The average molecular weight is 266 g/mol. The van der Waals surface area contributed by atoms with Crippen LogP contribution in [0.25, 0.3) is 0 Å². The fourth-order valence-electron chi connectivity index (χ4n) is 3.11. The van der Waals surface area contributed by atoms with Crippen LogP contribution in [-0.2, 0) is 9.59 Å². The SMILES string of the molecule is CC(=O)C1CCN(CC(=O)N2CCCCCC2)CC1. The van der Waals surface area contributed by atoms with Gasteiger partial charge >= 0.3 is 0 Å². The van der Waals surface area contributed by atoms with Crippen molar-refractivity contribution in [2.24, 2.45) is 5.92 Å². The molecule has 1 amide bonds. The Morgan fingerprint density at radius 1 is 0.947 bits per heavy atom. The molecule has 2 aliphatic heterocycles. The molecule has 4 nitrogen and oxygen atoms in total. The second-order valence-corrected chi connectivity index (χ2v) is 5.96. The highest BCUT2D eigenvalue weighted by Crippen LogP contribution is 2.18. The van der Waals surface area contributed by atoms with Gasteiger partial charge in [-0.15, -0.1) is 0 Å². The second kappa shape index (κ2) is 7.04. The zero-order valence-corrected chi connectivity index (χ0v) is 12.1. The van der Waals surface area contributed by atoms with Gasteiger partial charge < -0.3 is 4.90 Å². The summed E-state index contributed by atoms with van der Waals surface area (Å²) in [6, 6.07) is 0. The predicted octanol–water partition coefficient (Wildman–Crippen LogP) is 1.69. The van der Waals surface area contributed by atoms with Gasteiger partial charge in [-0.05, 0) is 45.7 Å². The summed E-state index contributed by atoms with van der Waals surface area (Å²) in [6.45, 7) is 5.88. The molecule has 0 bridgehead atoms. The Balaban J connectivity index is 1.75. The van der Waals surface area contributed by atoms with Crippen LogP contribution >= 0.6 is 0 Å². The fraction of sp³-hybridized carbons (Fsp3) is 0.867. The molecular formula is C15H26N2O2. The molecule has 108 valence electrons. The average Bonchev–Trinajstić information content (AvgIpc) is 2.68. The van der Waals surface area contributed by atoms with E-state index in [9.17, 15) is 9.59 Å². The van der Waals surface area contributed by atoms with Crippen molar-refractivity contribution in [3.05, 3.63) is 0 Å². The van der Waals surface area contributed by atoms with Gasteiger partial charge in [0.1, 0.15) is 5.78 Å². The van der Waals surface area contributed by atoms with Crippen molar-refractivity contribution in [2.45, 2.75) is 45.4 Å². The molecule has 0 aliphatic carbocycles. The number of Topliss-reactive ketones (excluding diaryl/α,β-unsaturated/α-hetero) is 1. The molecule has 2 saturated heterocycles. The van der Waals surface area contributed by atoms with E-state index < -0.39 is 0 Å². The third-order valence-corrected chi connectivity index (χ3v) is 4.48. The molecule has 2 aliphatic rings. The van der Waals surface area contributed by atoms with Crippen LogP contribution < -0.4 is 0 Å². The molecule has 0 aromatic rings. The van der Waals surface area contributed by atoms with Crippen molar-refractivity contribution in [3.8, 4) is 0 Å². The highest BCUT2D eigenvalue weighted by Gasteiger charge is 2.25. The smallest absolute Gasteiger partial charge is 0.236 e. The summed E-state index contributed by atoms with van der Waals surface area (Å²) >= 11 is 0. The Kier molecular flexibility index (Phi) is 5.37. The van der Waals surface area contributed by atoms with Crippen LogP contribution in [0.5, 0.6) is 0 Å². The third kappa shape index (κ3) is 4.30. The Morgan fingerprint density at radius 2 is 1.53 bits per heavy atom. The van der Waals surface area contributed by atoms with Gasteiger partial charge in [-0.25, -0.2) is 0 Å². The zero-order chi connectivity index (χ0) is 13.7. The predicted molar refractivity (Wildman–Crippen MR) is 74.9 cm³/mol. The number of likely N-dealkylation sites (tertiary alicyclic amines) is 2. The number of amides is 1. The van der Waals surface area contributed by atoms with Crippen LogP contribution in [0.15, 0.2) is 0 Å². The van der Waals surface area contributed by atoms with Crippen molar-refractivity contribution in [3.63, 3.8) is 0 Å². The molecule has 2 rings (SSSR count). The normalized spacial score (nSPS) is 23.1. The highest BCUT2D eigenvalue weighted by molar-refractivity contribution is 5.79. The number of nitrogens with zero attached hydrogens (tertiary/aromatic N) is 2. The Morgan fingerprint density at radius 3 is 2.05 bits per heavy atom. The van der Waals surface area contributed by atoms with Crippen LogP contribution in [-0.4, -0.2) is 54.2 Å². The van der Waals surface area contributed by atoms with E-state index in [1.165, 1.54) is 12.8 Å². The maximum atomic E-state index is 12.3. The molecule has 0 unspecified atom stereocenters. The van der Waals surface area contributed by atoms with E-state index in [0.29, 0.717) is 12.3 Å². The van der Waals surface area contributed by atoms with Gasteiger partial charge in [0.05, 0.1) is 6.54 Å². The lowest BCUT2D eigenvalue weighted by molar-refractivity contribution is -0.132. The molecule has 0 N–H and O–H groups in total. The van der Waals surface area contributed by atoms with E-state index in [-0.39, 0.29) is 11.8 Å². The first-order valence-corrected chi connectivity index (χ1v) is 7.67. The van der Waals surface area contributed by atoms with Gasteiger partial charge in [-0.3, -0.25) is 14.5 Å². The van der Waals surface area contributed by atoms with Gasteiger partial charge in [0.15, 0.2) is 0 Å². The molecule has 0 saturated carbocycles. The zero-order valence-electron chi connectivity index (χ0n) is 12.1. The van der Waals surface area contributed by atoms with Crippen LogP contribution in [0.3, 0.4) is 0 Å². The van der Waals surface area contributed by atoms with E-state index in [2.05, 4.69) is 4.90 Å². The molecular weight excluding hydrogens is 240 g/mol. The lowest BCUT2D eigenvalue weighted by atomic mass is 9.93. The van der Waals surface area contributed by atoms with Crippen molar-refractivity contribution in [1.29, 1.82) is 0 Å². The minimum absolute atomic E-state index is 0.226. The number of piperidine rings is 1. The monoisotopic (exact) mass is 266 g/mol. The number of hydrogen-bond donors (Lipinski definition) is 0. The largest absolute Gasteiger partial charge is 0.342 e. The van der Waals surface area contributed by atoms with Crippen molar-refractivity contribution < 1.29 is 9.59 Å². The lowest BCUT2D eigenvalue weighted by Gasteiger charge is -2.32. The first-order valence-electron chi connectivity index (χ1n) is 7.67. The fourth-order valence-corrected chi connectivity index (χ4v) is 3.11. The van der Waals surface area contributed by atoms with Gasteiger partial charge in [0, 0.05) is 19.0 Å². The van der Waals surface area contributed by atoms with Crippen molar-refractivity contribution in [2.75, 3.05) is 32.7 Å². The molecule has 0 spiro atoms. The summed E-state index contributed by atoms with van der Waals surface area (Å²) in [6.07, 6.45) is 6.66. The molecule has 0 aromatic heterocycles. The minimum atomic E-state index is 0.226. The summed E-state index contributed by atoms with van der Waals surface area (Å²) in [5, 5.41) is 0.